The first kappa shape index (κ1) is 15.3. The second kappa shape index (κ2) is 6.25. The van der Waals surface area contributed by atoms with E-state index in [1.54, 1.807) is 12.1 Å². The molecule has 0 saturated heterocycles. The number of fused-ring (bicyclic) bond motifs is 1. The number of phenols is 1. The Hall–Kier alpha value is -2.61. The van der Waals surface area contributed by atoms with Crippen LogP contribution in [0.1, 0.15) is 11.5 Å². The number of benzene rings is 1. The minimum atomic E-state index is -0.157. The first-order valence-electron chi connectivity index (χ1n) is 6.94. The van der Waals surface area contributed by atoms with Crippen molar-refractivity contribution in [2.24, 2.45) is 0 Å². The van der Waals surface area contributed by atoms with Gasteiger partial charge in [0.2, 0.25) is 5.91 Å². The maximum absolute atomic E-state index is 12.0. The van der Waals surface area contributed by atoms with Crippen LogP contribution in [0.4, 0.5) is 5.69 Å². The van der Waals surface area contributed by atoms with Crippen molar-refractivity contribution >= 4 is 29.0 Å². The van der Waals surface area contributed by atoms with Gasteiger partial charge >= 0.3 is 0 Å². The van der Waals surface area contributed by atoms with Gasteiger partial charge in [0.05, 0.1) is 5.75 Å². The molecule has 2 N–H and O–H groups in total. The van der Waals surface area contributed by atoms with Crippen LogP contribution in [0.3, 0.4) is 0 Å². The normalized spacial score (nSPS) is 10.9. The molecule has 23 heavy (non-hydrogen) atoms. The fourth-order valence-corrected chi connectivity index (χ4v) is 2.95. The molecule has 1 amide bonds. The smallest absolute Gasteiger partial charge is 0.234 e. The summed E-state index contributed by atoms with van der Waals surface area (Å²) in [4.78, 5) is 16.4. The van der Waals surface area contributed by atoms with Gasteiger partial charge < -0.3 is 10.4 Å². The fourth-order valence-electron chi connectivity index (χ4n) is 2.17. The first-order valence-corrected chi connectivity index (χ1v) is 7.92. The number of hydrogen-bond acceptors (Lipinski definition) is 6. The van der Waals surface area contributed by atoms with Crippen LogP contribution in [0, 0.1) is 13.8 Å². The number of amides is 1. The number of hydrogen-bond donors (Lipinski definition) is 2. The molecule has 1 aromatic carbocycles. The highest BCUT2D eigenvalue weighted by atomic mass is 32.2. The van der Waals surface area contributed by atoms with Crippen LogP contribution in [-0.2, 0) is 4.79 Å². The standard InChI is InChI=1S/C15H15N5O2S/c1-9-7-13-18-19-15(20(13)10(2)16-9)23-8-14(22)17-11-3-5-12(21)6-4-11/h3-7,21H,8H2,1-2H3,(H,17,22). The quantitative estimate of drug-likeness (QED) is 0.563. The third-order valence-electron chi connectivity index (χ3n) is 3.14. The molecule has 0 aliphatic carbocycles. The van der Waals surface area contributed by atoms with Gasteiger partial charge in [-0.2, -0.15) is 0 Å². The summed E-state index contributed by atoms with van der Waals surface area (Å²) in [7, 11) is 0. The van der Waals surface area contributed by atoms with E-state index in [-0.39, 0.29) is 17.4 Å². The lowest BCUT2D eigenvalue weighted by Gasteiger charge is -2.06. The summed E-state index contributed by atoms with van der Waals surface area (Å²) >= 11 is 1.30. The van der Waals surface area contributed by atoms with Gasteiger partial charge in [-0.05, 0) is 38.1 Å². The molecule has 0 radical (unpaired) electrons. The molecule has 0 aliphatic heterocycles. The molecule has 118 valence electrons. The van der Waals surface area contributed by atoms with E-state index < -0.39 is 0 Å². The number of aromatic nitrogens is 4. The Bertz CT molecular complexity index is 860. The maximum Gasteiger partial charge on any atom is 0.234 e. The van der Waals surface area contributed by atoms with Crippen LogP contribution >= 0.6 is 11.8 Å². The number of aromatic hydroxyl groups is 1. The molecular formula is C15H15N5O2S. The zero-order valence-corrected chi connectivity index (χ0v) is 13.5. The maximum atomic E-state index is 12.0. The van der Waals surface area contributed by atoms with Gasteiger partial charge in [-0.3, -0.25) is 9.20 Å². The molecule has 0 saturated carbocycles. The average molecular weight is 329 g/mol. The lowest BCUT2D eigenvalue weighted by atomic mass is 10.3. The number of anilines is 1. The predicted molar refractivity (Wildman–Crippen MR) is 87.7 cm³/mol. The molecular weight excluding hydrogens is 314 g/mol. The van der Waals surface area contributed by atoms with E-state index in [2.05, 4.69) is 20.5 Å². The molecule has 3 aromatic rings. The number of carbonyl (C=O) groups is 1. The third kappa shape index (κ3) is 3.42. The van der Waals surface area contributed by atoms with Crippen LogP contribution in [0.5, 0.6) is 5.75 Å². The van der Waals surface area contributed by atoms with Crippen LogP contribution in [0.25, 0.3) is 5.65 Å². The minimum Gasteiger partial charge on any atom is -0.508 e. The topological polar surface area (TPSA) is 92.4 Å². The monoisotopic (exact) mass is 329 g/mol. The van der Waals surface area contributed by atoms with Gasteiger partial charge in [-0.1, -0.05) is 11.8 Å². The largest absolute Gasteiger partial charge is 0.508 e. The number of rotatable bonds is 4. The van der Waals surface area contributed by atoms with Crippen molar-refractivity contribution in [3.63, 3.8) is 0 Å². The van der Waals surface area contributed by atoms with E-state index in [4.69, 9.17) is 0 Å². The first-order chi connectivity index (χ1) is 11.0. The van der Waals surface area contributed by atoms with Crippen molar-refractivity contribution < 1.29 is 9.90 Å². The van der Waals surface area contributed by atoms with Crippen molar-refractivity contribution in [1.82, 2.24) is 19.6 Å². The zero-order valence-electron chi connectivity index (χ0n) is 12.6. The van der Waals surface area contributed by atoms with Crippen LogP contribution in [0.15, 0.2) is 35.5 Å². The molecule has 2 heterocycles. The molecule has 7 nitrogen and oxygen atoms in total. The Morgan fingerprint density at radius 1 is 1.26 bits per heavy atom. The molecule has 0 bridgehead atoms. The summed E-state index contributed by atoms with van der Waals surface area (Å²) in [6.07, 6.45) is 0. The van der Waals surface area contributed by atoms with Gasteiger partial charge in [-0.25, -0.2) is 4.98 Å². The molecule has 0 atom stereocenters. The van der Waals surface area contributed by atoms with Gasteiger partial charge in [0.25, 0.3) is 0 Å². The second-order valence-corrected chi connectivity index (χ2v) is 5.95. The average Bonchev–Trinajstić information content (AvgIpc) is 2.91. The summed E-state index contributed by atoms with van der Waals surface area (Å²) in [6, 6.07) is 8.17. The summed E-state index contributed by atoms with van der Waals surface area (Å²) in [5, 5.41) is 20.8. The van der Waals surface area contributed by atoms with Crippen molar-refractivity contribution in [3.8, 4) is 5.75 Å². The Labute approximate surface area is 136 Å². The lowest BCUT2D eigenvalue weighted by molar-refractivity contribution is -0.113. The number of carbonyl (C=O) groups excluding carboxylic acids is 1. The van der Waals surface area contributed by atoms with E-state index >= 15 is 0 Å². The highest BCUT2D eigenvalue weighted by molar-refractivity contribution is 7.99. The van der Waals surface area contributed by atoms with Gasteiger partial charge in [0.15, 0.2) is 10.8 Å². The van der Waals surface area contributed by atoms with Crippen LogP contribution in [-0.4, -0.2) is 36.3 Å². The molecule has 8 heteroatoms. The summed E-state index contributed by atoms with van der Waals surface area (Å²) in [5.41, 5.74) is 2.23. The van der Waals surface area contributed by atoms with E-state index in [1.807, 2.05) is 24.3 Å². The Morgan fingerprint density at radius 3 is 2.74 bits per heavy atom. The second-order valence-electron chi connectivity index (χ2n) is 5.00. The predicted octanol–water partition coefficient (Wildman–Crippen LogP) is 2.18. The van der Waals surface area contributed by atoms with E-state index in [0.29, 0.717) is 10.8 Å². The number of aryl methyl sites for hydroxylation is 2. The number of nitrogens with one attached hydrogen (secondary N) is 1. The number of nitrogens with zero attached hydrogens (tertiary/aromatic N) is 4. The van der Waals surface area contributed by atoms with Crippen molar-refractivity contribution in [1.29, 1.82) is 0 Å². The molecule has 0 unspecified atom stereocenters. The van der Waals surface area contributed by atoms with Crippen LogP contribution < -0.4 is 5.32 Å². The van der Waals surface area contributed by atoms with Crippen molar-refractivity contribution in [2.45, 2.75) is 19.0 Å². The number of phenolic OH excluding ortho intramolecular Hbond substituents is 1. The van der Waals surface area contributed by atoms with Gasteiger partial charge in [0.1, 0.15) is 11.6 Å². The molecule has 0 fully saturated rings. The Kier molecular flexibility index (Phi) is 4.16. The lowest BCUT2D eigenvalue weighted by Crippen LogP contribution is -2.14. The van der Waals surface area contributed by atoms with Crippen LogP contribution in [0.2, 0.25) is 0 Å². The van der Waals surface area contributed by atoms with E-state index in [0.717, 1.165) is 17.2 Å². The highest BCUT2D eigenvalue weighted by Crippen LogP contribution is 2.19. The van der Waals surface area contributed by atoms with Crippen molar-refractivity contribution in [3.05, 3.63) is 41.9 Å². The molecule has 2 aromatic heterocycles. The fraction of sp³-hybridized carbons (Fsp3) is 0.200. The zero-order chi connectivity index (χ0) is 16.4. The summed E-state index contributed by atoms with van der Waals surface area (Å²) < 4.78 is 1.82. The summed E-state index contributed by atoms with van der Waals surface area (Å²) in [6.45, 7) is 3.78. The van der Waals surface area contributed by atoms with E-state index in [1.165, 1.54) is 23.9 Å². The highest BCUT2D eigenvalue weighted by Gasteiger charge is 2.12. The van der Waals surface area contributed by atoms with Crippen molar-refractivity contribution in [2.75, 3.05) is 11.1 Å². The summed E-state index contributed by atoms with van der Waals surface area (Å²) in [5.74, 6) is 0.988. The molecule has 0 aliphatic rings. The van der Waals surface area contributed by atoms with Gasteiger partial charge in [0, 0.05) is 17.4 Å². The Balaban J connectivity index is 1.68. The molecule has 0 spiro atoms. The number of thioether (sulfide) groups is 1. The minimum absolute atomic E-state index is 0.157. The Morgan fingerprint density at radius 2 is 2.00 bits per heavy atom. The van der Waals surface area contributed by atoms with E-state index in [9.17, 15) is 9.90 Å². The van der Waals surface area contributed by atoms with Gasteiger partial charge in [-0.15, -0.1) is 10.2 Å². The SMILES string of the molecule is Cc1cc2nnc(SCC(=O)Nc3ccc(O)cc3)n2c(C)n1. The third-order valence-corrected chi connectivity index (χ3v) is 4.07. The molecule has 3 rings (SSSR count).